The van der Waals surface area contributed by atoms with Crippen LogP contribution in [0.25, 0.3) is 0 Å². The molecule has 1 aliphatic rings. The lowest BCUT2D eigenvalue weighted by Crippen LogP contribution is -2.16. The summed E-state index contributed by atoms with van der Waals surface area (Å²) in [5, 5.41) is 12.7. The fraction of sp³-hybridized carbons (Fsp3) is 0.267. The first kappa shape index (κ1) is 13.9. The summed E-state index contributed by atoms with van der Waals surface area (Å²) < 4.78 is 1.77. The van der Waals surface area contributed by atoms with Crippen LogP contribution in [0.2, 0.25) is 4.34 Å². The molecular formula is C15H12BrClN2S. The van der Waals surface area contributed by atoms with Crippen molar-refractivity contribution in [3.8, 4) is 6.07 Å². The zero-order valence-electron chi connectivity index (χ0n) is 10.6. The quantitative estimate of drug-likeness (QED) is 0.758. The van der Waals surface area contributed by atoms with Crippen LogP contribution in [-0.4, -0.2) is 0 Å². The van der Waals surface area contributed by atoms with E-state index in [1.165, 1.54) is 10.4 Å². The Morgan fingerprint density at radius 1 is 1.40 bits per heavy atom. The fourth-order valence-electron chi connectivity index (χ4n) is 2.59. The molecule has 0 aliphatic heterocycles. The molecule has 1 N–H and O–H groups in total. The highest BCUT2D eigenvalue weighted by Gasteiger charge is 2.23. The first-order chi connectivity index (χ1) is 9.67. The summed E-state index contributed by atoms with van der Waals surface area (Å²) in [6.45, 7) is 0. The van der Waals surface area contributed by atoms with Crippen molar-refractivity contribution >= 4 is 44.6 Å². The first-order valence-corrected chi connectivity index (χ1v) is 8.40. The molecule has 2 nitrogen and oxygen atoms in total. The van der Waals surface area contributed by atoms with Crippen LogP contribution in [0.5, 0.6) is 0 Å². The molecule has 0 spiro atoms. The van der Waals surface area contributed by atoms with Gasteiger partial charge in [0.25, 0.3) is 0 Å². The lowest BCUT2D eigenvalue weighted by Gasteiger charge is -2.25. The van der Waals surface area contributed by atoms with Crippen LogP contribution in [0.3, 0.4) is 0 Å². The predicted octanol–water partition coefficient (Wildman–Crippen LogP) is 5.53. The normalized spacial score (nSPS) is 17.4. The van der Waals surface area contributed by atoms with Crippen molar-refractivity contribution in [3.63, 3.8) is 0 Å². The van der Waals surface area contributed by atoms with E-state index in [4.69, 9.17) is 11.6 Å². The van der Waals surface area contributed by atoms with Crippen molar-refractivity contribution in [3.05, 3.63) is 49.1 Å². The Labute approximate surface area is 135 Å². The highest BCUT2D eigenvalue weighted by molar-refractivity contribution is 9.10. The summed E-state index contributed by atoms with van der Waals surface area (Å²) in [5.74, 6) is 0. The summed E-state index contributed by atoms with van der Waals surface area (Å²) in [7, 11) is 0. The summed E-state index contributed by atoms with van der Waals surface area (Å²) in [5.41, 5.74) is 2.83. The molecule has 0 saturated heterocycles. The Kier molecular flexibility index (Phi) is 4.02. The van der Waals surface area contributed by atoms with Crippen molar-refractivity contribution < 1.29 is 0 Å². The van der Waals surface area contributed by atoms with Gasteiger partial charge < -0.3 is 5.32 Å². The van der Waals surface area contributed by atoms with Gasteiger partial charge in [0.2, 0.25) is 0 Å². The second-order valence-corrected chi connectivity index (χ2v) is 7.50. The van der Waals surface area contributed by atoms with E-state index in [9.17, 15) is 5.26 Å². The molecule has 20 heavy (non-hydrogen) atoms. The molecular weight excluding hydrogens is 356 g/mol. The van der Waals surface area contributed by atoms with E-state index in [2.05, 4.69) is 33.4 Å². The van der Waals surface area contributed by atoms with E-state index in [1.807, 2.05) is 18.2 Å². The van der Waals surface area contributed by atoms with E-state index in [0.717, 1.165) is 33.8 Å². The number of nitrogens with one attached hydrogen (secondary N) is 1. The second kappa shape index (κ2) is 5.77. The molecule has 1 atom stereocenters. The Balaban J connectivity index is 1.91. The molecule has 0 bridgehead atoms. The van der Waals surface area contributed by atoms with Crippen LogP contribution in [0.4, 0.5) is 5.69 Å². The van der Waals surface area contributed by atoms with Crippen molar-refractivity contribution in [2.45, 2.75) is 25.3 Å². The van der Waals surface area contributed by atoms with E-state index < -0.39 is 0 Å². The SMILES string of the molecule is N#Cc1cc(Br)ccc1NC1CCCc2sc(Cl)cc21. The number of thiophene rings is 1. The second-order valence-electron chi connectivity index (χ2n) is 4.82. The van der Waals surface area contributed by atoms with E-state index >= 15 is 0 Å². The van der Waals surface area contributed by atoms with Gasteiger partial charge in [0, 0.05) is 9.35 Å². The first-order valence-electron chi connectivity index (χ1n) is 6.41. The lowest BCUT2D eigenvalue weighted by atomic mass is 9.93. The van der Waals surface area contributed by atoms with Gasteiger partial charge >= 0.3 is 0 Å². The van der Waals surface area contributed by atoms with Crippen LogP contribution >= 0.6 is 38.9 Å². The fourth-order valence-corrected chi connectivity index (χ4v) is 4.34. The number of hydrogen-bond acceptors (Lipinski definition) is 3. The number of benzene rings is 1. The minimum atomic E-state index is 0.246. The van der Waals surface area contributed by atoms with Crippen molar-refractivity contribution in [2.24, 2.45) is 0 Å². The van der Waals surface area contributed by atoms with Crippen LogP contribution < -0.4 is 5.32 Å². The summed E-state index contributed by atoms with van der Waals surface area (Å²) >= 11 is 11.2. The molecule has 1 unspecified atom stereocenters. The number of nitrogens with zero attached hydrogens (tertiary/aromatic N) is 1. The highest BCUT2D eigenvalue weighted by atomic mass is 79.9. The molecule has 1 aliphatic carbocycles. The summed E-state index contributed by atoms with van der Waals surface area (Å²) in [4.78, 5) is 1.37. The number of aryl methyl sites for hydroxylation is 1. The maximum Gasteiger partial charge on any atom is 0.101 e. The van der Waals surface area contributed by atoms with Gasteiger partial charge in [-0.2, -0.15) is 5.26 Å². The number of nitriles is 1. The number of fused-ring (bicyclic) bond motifs is 1. The Morgan fingerprint density at radius 2 is 2.25 bits per heavy atom. The van der Waals surface area contributed by atoms with Gasteiger partial charge in [-0.1, -0.05) is 27.5 Å². The van der Waals surface area contributed by atoms with Crippen LogP contribution in [0.15, 0.2) is 28.7 Å². The third kappa shape index (κ3) is 2.71. The van der Waals surface area contributed by atoms with Gasteiger partial charge in [-0.25, -0.2) is 0 Å². The number of hydrogen-bond donors (Lipinski definition) is 1. The van der Waals surface area contributed by atoms with Crippen molar-refractivity contribution in [1.82, 2.24) is 0 Å². The van der Waals surface area contributed by atoms with E-state index in [0.29, 0.717) is 5.56 Å². The minimum absolute atomic E-state index is 0.246. The maximum absolute atomic E-state index is 9.24. The summed E-state index contributed by atoms with van der Waals surface area (Å²) in [6.07, 6.45) is 3.33. The smallest absolute Gasteiger partial charge is 0.101 e. The Hall–Kier alpha value is -1.02. The lowest BCUT2D eigenvalue weighted by molar-refractivity contribution is 0.609. The van der Waals surface area contributed by atoms with E-state index in [1.54, 1.807) is 11.3 Å². The van der Waals surface area contributed by atoms with Gasteiger partial charge in [0.15, 0.2) is 0 Å². The molecule has 0 radical (unpaired) electrons. The van der Waals surface area contributed by atoms with Gasteiger partial charge in [0.05, 0.1) is 21.6 Å². The zero-order valence-corrected chi connectivity index (χ0v) is 13.8. The van der Waals surface area contributed by atoms with E-state index in [-0.39, 0.29) is 6.04 Å². The molecule has 102 valence electrons. The molecule has 1 aromatic heterocycles. The number of halogens is 2. The van der Waals surface area contributed by atoms with Crippen molar-refractivity contribution in [1.29, 1.82) is 5.26 Å². The molecule has 3 rings (SSSR count). The zero-order chi connectivity index (χ0) is 14.1. The molecule has 1 heterocycles. The number of anilines is 1. The topological polar surface area (TPSA) is 35.8 Å². The number of rotatable bonds is 2. The van der Waals surface area contributed by atoms with Gasteiger partial charge in [-0.15, -0.1) is 11.3 Å². The summed E-state index contributed by atoms with van der Waals surface area (Å²) in [6, 6.07) is 10.3. The molecule has 1 aromatic carbocycles. The standard InChI is InChI=1S/C15H12BrClN2S/c16-10-4-5-12(9(6-10)8-18)19-13-2-1-3-14-11(13)7-15(17)20-14/h4-7,13,19H,1-3H2. The third-order valence-electron chi connectivity index (χ3n) is 3.52. The predicted molar refractivity (Wildman–Crippen MR) is 87.5 cm³/mol. The molecule has 0 amide bonds. The average molecular weight is 368 g/mol. The maximum atomic E-state index is 9.24. The average Bonchev–Trinajstić information content (AvgIpc) is 2.82. The Bertz CT molecular complexity index is 690. The van der Waals surface area contributed by atoms with Gasteiger partial charge in [-0.05, 0) is 49.1 Å². The monoisotopic (exact) mass is 366 g/mol. The van der Waals surface area contributed by atoms with Crippen LogP contribution in [0.1, 0.15) is 34.9 Å². The Morgan fingerprint density at radius 3 is 3.05 bits per heavy atom. The third-order valence-corrected chi connectivity index (χ3v) is 5.35. The molecule has 0 fully saturated rings. The van der Waals surface area contributed by atoms with Gasteiger partial charge in [-0.3, -0.25) is 0 Å². The molecule has 5 heteroatoms. The van der Waals surface area contributed by atoms with Gasteiger partial charge in [0.1, 0.15) is 6.07 Å². The minimum Gasteiger partial charge on any atom is -0.377 e. The highest BCUT2D eigenvalue weighted by Crippen LogP contribution is 2.39. The molecule has 2 aromatic rings. The molecule has 0 saturated carbocycles. The van der Waals surface area contributed by atoms with Crippen LogP contribution in [0, 0.1) is 11.3 Å². The van der Waals surface area contributed by atoms with Crippen molar-refractivity contribution in [2.75, 3.05) is 5.32 Å². The van der Waals surface area contributed by atoms with Crippen LogP contribution in [-0.2, 0) is 6.42 Å². The largest absolute Gasteiger partial charge is 0.377 e.